The fourth-order valence-electron chi connectivity index (χ4n) is 5.01. The van der Waals surface area contributed by atoms with Gasteiger partial charge in [0.1, 0.15) is 17.2 Å². The number of rotatable bonds is 15. The summed E-state index contributed by atoms with van der Waals surface area (Å²) in [6.45, 7) is 7.60. The number of aromatic nitrogens is 1. The zero-order valence-electron chi connectivity index (χ0n) is 24.1. The summed E-state index contributed by atoms with van der Waals surface area (Å²) in [6.07, 6.45) is 1.02. The van der Waals surface area contributed by atoms with Gasteiger partial charge in [-0.1, -0.05) is 67.6 Å². The zero-order valence-corrected chi connectivity index (χ0v) is 25.0. The van der Waals surface area contributed by atoms with Gasteiger partial charge in [0.05, 0.1) is 23.4 Å². The van der Waals surface area contributed by atoms with Crippen LogP contribution in [0.15, 0.2) is 60.7 Å². The lowest BCUT2D eigenvalue weighted by Gasteiger charge is -2.24. The van der Waals surface area contributed by atoms with E-state index in [9.17, 15) is 19.2 Å². The van der Waals surface area contributed by atoms with Crippen LogP contribution in [-0.2, 0) is 43.2 Å². The summed E-state index contributed by atoms with van der Waals surface area (Å²) in [6, 6.07) is 18.3. The molecule has 0 saturated carbocycles. The molecule has 3 aromatic rings. The third-order valence-corrected chi connectivity index (χ3v) is 8.67. The molecule has 1 aromatic heterocycles. The van der Waals surface area contributed by atoms with E-state index in [2.05, 4.69) is 10.3 Å². The van der Waals surface area contributed by atoms with Crippen molar-refractivity contribution in [2.45, 2.75) is 71.4 Å². The highest BCUT2D eigenvalue weighted by molar-refractivity contribution is 7.11. The van der Waals surface area contributed by atoms with Crippen molar-refractivity contribution in [3.8, 4) is 0 Å². The topological polar surface area (TPSA) is 106 Å². The molecule has 0 radical (unpaired) electrons. The van der Waals surface area contributed by atoms with Crippen molar-refractivity contribution in [1.82, 2.24) is 10.3 Å². The van der Waals surface area contributed by atoms with E-state index in [0.717, 1.165) is 26.7 Å². The molecule has 8 heteroatoms. The Morgan fingerprint density at radius 2 is 1.54 bits per heavy atom. The average molecular weight is 575 g/mol. The van der Waals surface area contributed by atoms with Crippen LogP contribution in [0.1, 0.15) is 53.4 Å². The fourth-order valence-corrected chi connectivity index (χ4v) is 5.98. The second kappa shape index (κ2) is 13.4. The van der Waals surface area contributed by atoms with Crippen LogP contribution < -0.4 is 5.32 Å². The number of aryl methyl sites for hydroxylation is 2. The maximum atomic E-state index is 13.7. The Balaban J connectivity index is 1.46. The smallest absolute Gasteiger partial charge is 0.224 e. The molecule has 1 saturated heterocycles. The minimum Gasteiger partial charge on any atom is -0.361 e. The molecular formula is C33H38N2O5S. The predicted octanol–water partition coefficient (Wildman–Crippen LogP) is 4.80. The average Bonchev–Trinajstić information content (AvgIpc) is 3.62. The molecule has 1 aliphatic heterocycles. The molecule has 1 unspecified atom stereocenters. The molecule has 7 nitrogen and oxygen atoms in total. The lowest BCUT2D eigenvalue weighted by Crippen LogP contribution is -2.49. The van der Waals surface area contributed by atoms with Gasteiger partial charge in [-0.15, -0.1) is 11.3 Å². The van der Waals surface area contributed by atoms with Gasteiger partial charge in [0.2, 0.25) is 5.91 Å². The van der Waals surface area contributed by atoms with Gasteiger partial charge in [0.25, 0.3) is 0 Å². The molecule has 0 spiro atoms. The number of hydrogen-bond acceptors (Lipinski definition) is 7. The number of nitrogens with one attached hydrogen (secondary N) is 1. The summed E-state index contributed by atoms with van der Waals surface area (Å²) in [4.78, 5) is 58.5. The van der Waals surface area contributed by atoms with Crippen LogP contribution in [-0.4, -0.2) is 46.5 Å². The molecule has 1 aliphatic rings. The van der Waals surface area contributed by atoms with Gasteiger partial charge >= 0.3 is 0 Å². The summed E-state index contributed by atoms with van der Waals surface area (Å²) in [5.41, 5.74) is 1.79. The Kier molecular flexibility index (Phi) is 9.99. The van der Waals surface area contributed by atoms with Crippen LogP contribution in [0.4, 0.5) is 0 Å². The van der Waals surface area contributed by atoms with Crippen molar-refractivity contribution >= 4 is 34.6 Å². The standard InChI is InChI=1S/C33H38N2O5S/c1-21(15-27(36)19-30-22(2)34-23(3)41-30)29(37)18-26(16-24-11-7-5-8-12-24)32(39)35-28(31(38)33(4)20-40-33)17-25-13-9-6-10-14-25/h5-14,21,26,28H,15-20H2,1-4H3,(H,35,39)/t21-,26?,28+,33-/m1/s1. The summed E-state index contributed by atoms with van der Waals surface area (Å²) < 4.78 is 5.41. The third kappa shape index (κ3) is 8.50. The number of thiazole rings is 1. The first-order valence-corrected chi connectivity index (χ1v) is 14.9. The predicted molar refractivity (Wildman–Crippen MR) is 159 cm³/mol. The molecule has 2 heterocycles. The molecule has 4 atom stereocenters. The first kappa shape index (κ1) is 30.5. The van der Waals surface area contributed by atoms with E-state index >= 15 is 0 Å². The maximum absolute atomic E-state index is 13.7. The van der Waals surface area contributed by atoms with Crippen LogP contribution in [0.25, 0.3) is 0 Å². The van der Waals surface area contributed by atoms with Crippen molar-refractivity contribution in [3.63, 3.8) is 0 Å². The quantitative estimate of drug-likeness (QED) is 0.262. The number of epoxide rings is 1. The van der Waals surface area contributed by atoms with Crippen molar-refractivity contribution in [1.29, 1.82) is 0 Å². The minimum absolute atomic E-state index is 0.0200. The Bertz CT molecular complexity index is 1380. The molecule has 1 fully saturated rings. The number of carbonyl (C=O) groups is 4. The van der Waals surface area contributed by atoms with Crippen LogP contribution >= 0.6 is 11.3 Å². The largest absolute Gasteiger partial charge is 0.361 e. The fraction of sp³-hybridized carbons (Fsp3) is 0.424. The Morgan fingerprint density at radius 3 is 2.07 bits per heavy atom. The molecular weight excluding hydrogens is 536 g/mol. The van der Waals surface area contributed by atoms with E-state index in [1.165, 1.54) is 11.3 Å². The number of carbonyl (C=O) groups excluding carboxylic acids is 4. The number of benzene rings is 2. The Morgan fingerprint density at radius 1 is 0.951 bits per heavy atom. The molecule has 0 bridgehead atoms. The second-order valence-corrected chi connectivity index (χ2v) is 12.5. The van der Waals surface area contributed by atoms with E-state index in [-0.39, 0.29) is 42.5 Å². The van der Waals surface area contributed by atoms with Crippen LogP contribution in [0.5, 0.6) is 0 Å². The van der Waals surface area contributed by atoms with E-state index in [1.807, 2.05) is 74.5 Å². The van der Waals surface area contributed by atoms with E-state index < -0.39 is 23.5 Å². The van der Waals surface area contributed by atoms with Crippen molar-refractivity contribution in [3.05, 3.63) is 87.4 Å². The summed E-state index contributed by atoms with van der Waals surface area (Å²) in [5.74, 6) is -1.90. The molecule has 4 rings (SSSR count). The van der Waals surface area contributed by atoms with Gasteiger partial charge in [-0.25, -0.2) is 4.98 Å². The van der Waals surface area contributed by atoms with Gasteiger partial charge in [0, 0.05) is 36.0 Å². The molecule has 41 heavy (non-hydrogen) atoms. The second-order valence-electron chi connectivity index (χ2n) is 11.3. The van der Waals surface area contributed by atoms with Crippen molar-refractivity contribution < 1.29 is 23.9 Å². The molecule has 1 amide bonds. The van der Waals surface area contributed by atoms with Crippen molar-refractivity contribution in [2.75, 3.05) is 6.61 Å². The zero-order chi connectivity index (χ0) is 29.6. The number of nitrogens with zero attached hydrogens (tertiary/aromatic N) is 1. The monoisotopic (exact) mass is 574 g/mol. The number of ether oxygens (including phenoxy) is 1. The highest BCUT2D eigenvalue weighted by Gasteiger charge is 2.50. The van der Waals surface area contributed by atoms with Gasteiger partial charge in [0.15, 0.2) is 5.78 Å². The first-order chi connectivity index (χ1) is 19.5. The first-order valence-electron chi connectivity index (χ1n) is 14.1. The van der Waals surface area contributed by atoms with Gasteiger partial charge in [-0.3, -0.25) is 19.2 Å². The van der Waals surface area contributed by atoms with Gasteiger partial charge < -0.3 is 10.1 Å². The summed E-state index contributed by atoms with van der Waals surface area (Å²) in [7, 11) is 0. The normalized spacial score (nSPS) is 18.2. The summed E-state index contributed by atoms with van der Waals surface area (Å²) in [5, 5.41) is 3.88. The van der Waals surface area contributed by atoms with Gasteiger partial charge in [-0.05, 0) is 44.7 Å². The minimum atomic E-state index is -0.901. The van der Waals surface area contributed by atoms with Crippen LogP contribution in [0.2, 0.25) is 0 Å². The maximum Gasteiger partial charge on any atom is 0.224 e. The third-order valence-electron chi connectivity index (χ3n) is 7.60. The highest BCUT2D eigenvalue weighted by atomic mass is 32.1. The van der Waals surface area contributed by atoms with Crippen LogP contribution in [0.3, 0.4) is 0 Å². The molecule has 216 valence electrons. The lowest BCUT2D eigenvalue weighted by molar-refractivity contribution is -0.134. The Labute approximate surface area is 245 Å². The van der Waals surface area contributed by atoms with E-state index in [0.29, 0.717) is 19.4 Å². The molecule has 2 aromatic carbocycles. The van der Waals surface area contributed by atoms with Gasteiger partial charge in [-0.2, -0.15) is 0 Å². The number of hydrogen-bond donors (Lipinski definition) is 1. The molecule has 0 aliphatic carbocycles. The molecule has 1 N–H and O–H groups in total. The highest BCUT2D eigenvalue weighted by Crippen LogP contribution is 2.29. The lowest BCUT2D eigenvalue weighted by atomic mass is 9.87. The number of Topliss-reactive ketones (excluding diaryl/α,β-unsaturated/α-hetero) is 3. The summed E-state index contributed by atoms with van der Waals surface area (Å²) >= 11 is 1.50. The SMILES string of the molecule is Cc1nc(C)c(CC(=O)C[C@@H](C)C(=O)CC(Cc2ccccc2)C(=O)N[C@@H](Cc2ccccc2)C(=O)[C@@]2(C)CO2)s1. The number of amides is 1. The van der Waals surface area contributed by atoms with Crippen molar-refractivity contribution in [2.24, 2.45) is 11.8 Å². The van der Waals surface area contributed by atoms with Crippen LogP contribution in [0, 0.1) is 25.7 Å². The number of ketones is 3. The van der Waals surface area contributed by atoms with E-state index in [4.69, 9.17) is 4.74 Å². The van der Waals surface area contributed by atoms with E-state index in [1.54, 1.807) is 13.8 Å². The Hall–Kier alpha value is -3.49.